The first-order valence-electron chi connectivity index (χ1n) is 6.44. The Balaban J connectivity index is 1.90. The van der Waals surface area contributed by atoms with Crippen molar-refractivity contribution in [1.82, 2.24) is 0 Å². The molecule has 114 valence electrons. The lowest BCUT2D eigenvalue weighted by atomic mass is 10.2. The highest BCUT2D eigenvalue weighted by Gasteiger charge is 2.11. The van der Waals surface area contributed by atoms with Crippen molar-refractivity contribution in [2.75, 3.05) is 11.9 Å². The third-order valence-electron chi connectivity index (χ3n) is 2.85. The quantitative estimate of drug-likeness (QED) is 0.854. The van der Waals surface area contributed by atoms with Gasteiger partial charge in [0, 0.05) is 15.7 Å². The molecule has 0 bridgehead atoms. The van der Waals surface area contributed by atoms with E-state index in [1.807, 2.05) is 6.92 Å². The molecule has 0 saturated carbocycles. The van der Waals surface area contributed by atoms with Crippen LogP contribution >= 0.6 is 23.2 Å². The molecule has 6 heteroatoms. The summed E-state index contributed by atoms with van der Waals surface area (Å²) in [7, 11) is 0. The summed E-state index contributed by atoms with van der Waals surface area (Å²) in [4.78, 5) is 23.5. The van der Waals surface area contributed by atoms with Crippen molar-refractivity contribution in [1.29, 1.82) is 0 Å². The number of carbonyl (C=O) groups is 2. The molecular formula is C16H13Cl2NO3. The first kappa shape index (κ1) is 16.3. The first-order chi connectivity index (χ1) is 10.5. The summed E-state index contributed by atoms with van der Waals surface area (Å²) >= 11 is 11.8. The van der Waals surface area contributed by atoms with Gasteiger partial charge in [-0.25, -0.2) is 4.79 Å². The lowest BCUT2D eigenvalue weighted by molar-refractivity contribution is -0.119. The predicted octanol–water partition coefficient (Wildman–Crippen LogP) is 4.10. The monoisotopic (exact) mass is 337 g/mol. The van der Waals surface area contributed by atoms with E-state index in [0.717, 1.165) is 5.56 Å². The van der Waals surface area contributed by atoms with Crippen molar-refractivity contribution < 1.29 is 14.3 Å². The van der Waals surface area contributed by atoms with Crippen LogP contribution in [0.3, 0.4) is 0 Å². The van der Waals surface area contributed by atoms with E-state index in [1.165, 1.54) is 6.07 Å². The van der Waals surface area contributed by atoms with Gasteiger partial charge in [0.2, 0.25) is 0 Å². The van der Waals surface area contributed by atoms with Crippen LogP contribution < -0.4 is 5.32 Å². The highest BCUT2D eigenvalue weighted by Crippen LogP contribution is 2.19. The highest BCUT2D eigenvalue weighted by molar-refractivity contribution is 6.31. The molecule has 0 heterocycles. The van der Waals surface area contributed by atoms with Crippen molar-refractivity contribution >= 4 is 40.8 Å². The smallest absolute Gasteiger partial charge is 0.338 e. The van der Waals surface area contributed by atoms with Crippen molar-refractivity contribution in [3.8, 4) is 0 Å². The number of aryl methyl sites for hydroxylation is 1. The fourth-order valence-electron chi connectivity index (χ4n) is 1.70. The number of nitrogens with one attached hydrogen (secondary N) is 1. The van der Waals surface area contributed by atoms with Crippen LogP contribution in [0.15, 0.2) is 42.5 Å². The average molecular weight is 338 g/mol. The number of rotatable bonds is 4. The van der Waals surface area contributed by atoms with E-state index >= 15 is 0 Å². The number of esters is 1. The lowest BCUT2D eigenvalue weighted by Gasteiger charge is -2.08. The molecule has 22 heavy (non-hydrogen) atoms. The molecule has 0 saturated heterocycles. The number of halogens is 2. The van der Waals surface area contributed by atoms with Crippen LogP contribution in [0.4, 0.5) is 5.69 Å². The molecule has 2 aromatic carbocycles. The largest absolute Gasteiger partial charge is 0.452 e. The molecule has 0 fully saturated rings. The Morgan fingerprint density at radius 1 is 1.14 bits per heavy atom. The van der Waals surface area contributed by atoms with Gasteiger partial charge in [-0.3, -0.25) is 4.79 Å². The molecule has 0 unspecified atom stereocenters. The molecule has 0 aliphatic rings. The van der Waals surface area contributed by atoms with Crippen LogP contribution in [0.1, 0.15) is 15.9 Å². The highest BCUT2D eigenvalue weighted by atomic mass is 35.5. The summed E-state index contributed by atoms with van der Waals surface area (Å²) in [6.45, 7) is 1.47. The van der Waals surface area contributed by atoms with E-state index in [1.54, 1.807) is 36.4 Å². The summed E-state index contributed by atoms with van der Waals surface area (Å²) in [6.07, 6.45) is 0. The molecule has 2 rings (SSSR count). The van der Waals surface area contributed by atoms with E-state index in [2.05, 4.69) is 5.32 Å². The fraction of sp³-hybridized carbons (Fsp3) is 0.125. The summed E-state index contributed by atoms with van der Waals surface area (Å²) in [6, 6.07) is 11.5. The second-order valence-electron chi connectivity index (χ2n) is 4.60. The molecule has 1 N–H and O–H groups in total. The number of hydrogen-bond acceptors (Lipinski definition) is 3. The summed E-state index contributed by atoms with van der Waals surface area (Å²) in [5, 5.41) is 3.58. The predicted molar refractivity (Wildman–Crippen MR) is 86.6 cm³/mol. The molecule has 0 aliphatic heterocycles. The van der Waals surface area contributed by atoms with Gasteiger partial charge >= 0.3 is 5.97 Å². The minimum absolute atomic E-state index is 0.290. The average Bonchev–Trinajstić information content (AvgIpc) is 2.48. The minimum Gasteiger partial charge on any atom is -0.452 e. The lowest BCUT2D eigenvalue weighted by Crippen LogP contribution is -2.20. The Hall–Kier alpha value is -2.04. The van der Waals surface area contributed by atoms with Gasteiger partial charge in [-0.2, -0.15) is 0 Å². The SMILES string of the molecule is Cc1ccc(NC(=O)COC(=O)c2cccc(Cl)c2)cc1Cl. The van der Waals surface area contributed by atoms with E-state index in [0.29, 0.717) is 21.3 Å². The second kappa shape index (κ2) is 7.29. The third kappa shape index (κ3) is 4.48. The van der Waals surface area contributed by atoms with E-state index < -0.39 is 18.5 Å². The molecule has 4 nitrogen and oxygen atoms in total. The van der Waals surface area contributed by atoms with Crippen LogP contribution in [0, 0.1) is 6.92 Å². The van der Waals surface area contributed by atoms with E-state index in [4.69, 9.17) is 27.9 Å². The van der Waals surface area contributed by atoms with Crippen LogP contribution in [0.5, 0.6) is 0 Å². The Kier molecular flexibility index (Phi) is 5.41. The van der Waals surface area contributed by atoms with Gasteiger partial charge < -0.3 is 10.1 Å². The fourth-order valence-corrected chi connectivity index (χ4v) is 2.07. The van der Waals surface area contributed by atoms with Crippen LogP contribution in [0.25, 0.3) is 0 Å². The zero-order valence-corrected chi connectivity index (χ0v) is 13.2. The third-order valence-corrected chi connectivity index (χ3v) is 3.49. The molecule has 0 atom stereocenters. The van der Waals surface area contributed by atoms with Crippen molar-refractivity contribution in [3.63, 3.8) is 0 Å². The Labute approximate surface area is 138 Å². The second-order valence-corrected chi connectivity index (χ2v) is 5.44. The van der Waals surface area contributed by atoms with Crippen molar-refractivity contribution in [3.05, 3.63) is 63.6 Å². The minimum atomic E-state index is -0.611. The number of benzene rings is 2. The summed E-state index contributed by atoms with van der Waals surface area (Å²) in [5.41, 5.74) is 1.74. The Bertz CT molecular complexity index is 716. The van der Waals surface area contributed by atoms with Crippen molar-refractivity contribution in [2.45, 2.75) is 6.92 Å². The van der Waals surface area contributed by atoms with Gasteiger partial charge in [0.05, 0.1) is 5.56 Å². The first-order valence-corrected chi connectivity index (χ1v) is 7.20. The summed E-state index contributed by atoms with van der Waals surface area (Å²) in [5.74, 6) is -1.06. The van der Waals surface area contributed by atoms with Gasteiger partial charge in [0.15, 0.2) is 6.61 Å². The summed E-state index contributed by atoms with van der Waals surface area (Å²) < 4.78 is 4.93. The van der Waals surface area contributed by atoms with Gasteiger partial charge in [-0.15, -0.1) is 0 Å². The van der Waals surface area contributed by atoms with E-state index in [9.17, 15) is 9.59 Å². The number of ether oxygens (including phenoxy) is 1. The normalized spacial score (nSPS) is 10.1. The van der Waals surface area contributed by atoms with Gasteiger partial charge in [0.1, 0.15) is 0 Å². The van der Waals surface area contributed by atoms with Gasteiger partial charge in [-0.1, -0.05) is 35.3 Å². The van der Waals surface area contributed by atoms with Crippen LogP contribution in [-0.2, 0) is 9.53 Å². The number of anilines is 1. The number of hydrogen-bond donors (Lipinski definition) is 1. The van der Waals surface area contributed by atoms with Crippen LogP contribution in [0.2, 0.25) is 10.0 Å². The molecule has 0 radical (unpaired) electrons. The maximum Gasteiger partial charge on any atom is 0.338 e. The van der Waals surface area contributed by atoms with Gasteiger partial charge in [0.25, 0.3) is 5.91 Å². The standard InChI is InChI=1S/C16H13Cl2NO3/c1-10-5-6-13(8-14(10)18)19-15(20)9-22-16(21)11-3-2-4-12(17)7-11/h2-8H,9H2,1H3,(H,19,20). The number of carbonyl (C=O) groups excluding carboxylic acids is 2. The maximum atomic E-state index is 11.8. The van der Waals surface area contributed by atoms with Crippen molar-refractivity contribution in [2.24, 2.45) is 0 Å². The topological polar surface area (TPSA) is 55.4 Å². The molecule has 0 aromatic heterocycles. The number of amides is 1. The molecule has 2 aromatic rings. The molecule has 0 spiro atoms. The Morgan fingerprint density at radius 2 is 1.91 bits per heavy atom. The Morgan fingerprint density at radius 3 is 2.59 bits per heavy atom. The van der Waals surface area contributed by atoms with Crippen LogP contribution in [-0.4, -0.2) is 18.5 Å². The zero-order valence-electron chi connectivity index (χ0n) is 11.7. The molecule has 0 aliphatic carbocycles. The van der Waals surface area contributed by atoms with E-state index in [-0.39, 0.29) is 0 Å². The maximum absolute atomic E-state index is 11.8. The molecule has 1 amide bonds. The van der Waals surface area contributed by atoms with Gasteiger partial charge in [-0.05, 0) is 42.8 Å². The molecular weight excluding hydrogens is 325 g/mol. The zero-order chi connectivity index (χ0) is 16.1.